The monoisotopic (exact) mass is 340 g/mol. The van der Waals surface area contributed by atoms with E-state index in [1.165, 1.54) is 29.2 Å². The van der Waals surface area contributed by atoms with Gasteiger partial charge in [0.05, 0.1) is 12.2 Å². The highest BCUT2D eigenvalue weighted by Crippen LogP contribution is 2.35. The molecule has 2 aromatic carbocycles. The number of ether oxygens (including phenoxy) is 2. The van der Waals surface area contributed by atoms with Crippen LogP contribution in [0.1, 0.15) is 58.6 Å². The summed E-state index contributed by atoms with van der Waals surface area (Å²) in [5, 5.41) is 2.53. The van der Waals surface area contributed by atoms with Crippen LogP contribution in [0.5, 0.6) is 0 Å². The second-order valence-corrected chi connectivity index (χ2v) is 8.06. The molecule has 25 heavy (non-hydrogen) atoms. The van der Waals surface area contributed by atoms with Crippen molar-refractivity contribution in [2.45, 2.75) is 59.2 Å². The molecule has 1 aliphatic carbocycles. The van der Waals surface area contributed by atoms with E-state index < -0.39 is 0 Å². The van der Waals surface area contributed by atoms with Gasteiger partial charge in [0, 0.05) is 0 Å². The minimum absolute atomic E-state index is 0.0446. The van der Waals surface area contributed by atoms with E-state index in [1.54, 1.807) is 0 Å². The van der Waals surface area contributed by atoms with Gasteiger partial charge in [0.25, 0.3) is 0 Å². The van der Waals surface area contributed by atoms with Gasteiger partial charge in [-0.25, -0.2) is 0 Å². The molecule has 2 aromatic rings. The molecular weight excluding hydrogens is 308 g/mol. The van der Waals surface area contributed by atoms with E-state index in [4.69, 9.17) is 9.47 Å². The first-order chi connectivity index (χ1) is 12.0. The average Bonchev–Trinajstić information content (AvgIpc) is 2.61. The van der Waals surface area contributed by atoms with Gasteiger partial charge in [-0.3, -0.25) is 0 Å². The Balaban J connectivity index is 1.56. The van der Waals surface area contributed by atoms with Crippen LogP contribution >= 0.6 is 0 Å². The molecule has 0 saturated heterocycles. The Labute approximate surface area is 152 Å². The zero-order chi connectivity index (χ0) is 17.8. The lowest BCUT2D eigenvalue weighted by Crippen LogP contribution is -2.34. The second kappa shape index (κ2) is 8.33. The van der Waals surface area contributed by atoms with Crippen LogP contribution in [0.15, 0.2) is 42.5 Å². The molecular formula is C23H32O2. The Morgan fingerprint density at radius 2 is 1.76 bits per heavy atom. The average molecular weight is 341 g/mol. The van der Waals surface area contributed by atoms with Crippen molar-refractivity contribution in [1.82, 2.24) is 0 Å². The Kier molecular flexibility index (Phi) is 6.14. The summed E-state index contributed by atoms with van der Waals surface area (Å²) < 4.78 is 12.2. The van der Waals surface area contributed by atoms with Crippen molar-refractivity contribution >= 4 is 10.8 Å². The van der Waals surface area contributed by atoms with Gasteiger partial charge in [0.1, 0.15) is 6.79 Å². The van der Waals surface area contributed by atoms with Gasteiger partial charge in [-0.05, 0) is 59.9 Å². The molecule has 0 amide bonds. The third-order valence-corrected chi connectivity index (χ3v) is 5.80. The van der Waals surface area contributed by atoms with Gasteiger partial charge in [0.2, 0.25) is 0 Å². The molecule has 1 saturated carbocycles. The number of hydrogen-bond donors (Lipinski definition) is 0. The van der Waals surface area contributed by atoms with Gasteiger partial charge in [-0.15, -0.1) is 0 Å². The van der Waals surface area contributed by atoms with Crippen molar-refractivity contribution in [2.75, 3.05) is 6.79 Å². The lowest BCUT2D eigenvalue weighted by atomic mass is 9.75. The molecule has 0 N–H and O–H groups in total. The zero-order valence-electron chi connectivity index (χ0n) is 16.1. The van der Waals surface area contributed by atoms with Gasteiger partial charge < -0.3 is 9.47 Å². The summed E-state index contributed by atoms with van der Waals surface area (Å²) in [7, 11) is 0. The van der Waals surface area contributed by atoms with Gasteiger partial charge >= 0.3 is 0 Å². The van der Waals surface area contributed by atoms with Crippen LogP contribution in [-0.2, 0) is 9.47 Å². The highest BCUT2D eigenvalue weighted by molar-refractivity contribution is 5.83. The fourth-order valence-electron chi connectivity index (χ4n) is 4.09. The van der Waals surface area contributed by atoms with Crippen molar-refractivity contribution in [3.05, 3.63) is 48.0 Å². The minimum Gasteiger partial charge on any atom is -0.352 e. The molecule has 0 spiro atoms. The van der Waals surface area contributed by atoms with Crippen LogP contribution in [-0.4, -0.2) is 12.9 Å². The molecule has 4 atom stereocenters. The molecule has 0 aliphatic heterocycles. The van der Waals surface area contributed by atoms with Crippen molar-refractivity contribution in [1.29, 1.82) is 0 Å². The lowest BCUT2D eigenvalue weighted by Gasteiger charge is -2.37. The summed E-state index contributed by atoms with van der Waals surface area (Å²) in [4.78, 5) is 0. The van der Waals surface area contributed by atoms with Crippen LogP contribution in [0, 0.1) is 17.8 Å². The van der Waals surface area contributed by atoms with E-state index in [0.717, 1.165) is 12.3 Å². The first kappa shape index (κ1) is 18.4. The van der Waals surface area contributed by atoms with Crippen LogP contribution in [0.2, 0.25) is 0 Å². The van der Waals surface area contributed by atoms with Gasteiger partial charge in [0.15, 0.2) is 0 Å². The predicted molar refractivity (Wildman–Crippen MR) is 105 cm³/mol. The summed E-state index contributed by atoms with van der Waals surface area (Å²) in [6, 6.07) is 15.0. The Hall–Kier alpha value is -1.38. The maximum atomic E-state index is 6.18. The fraction of sp³-hybridized carbons (Fsp3) is 0.565. The highest BCUT2D eigenvalue weighted by Gasteiger charge is 2.31. The van der Waals surface area contributed by atoms with Gasteiger partial charge in [-0.2, -0.15) is 0 Å². The van der Waals surface area contributed by atoms with E-state index in [9.17, 15) is 0 Å². The van der Waals surface area contributed by atoms with Crippen molar-refractivity contribution in [3.8, 4) is 0 Å². The minimum atomic E-state index is 0.0446. The molecule has 2 nitrogen and oxygen atoms in total. The van der Waals surface area contributed by atoms with Crippen LogP contribution in [0.4, 0.5) is 0 Å². The predicted octanol–water partition coefficient (Wildman–Crippen LogP) is 6.35. The SMILES string of the molecule is CC1CCC(C(C)C)C(OCOC(C)c2ccc3ccccc3c2)C1. The van der Waals surface area contributed by atoms with Gasteiger partial charge in [-0.1, -0.05) is 63.6 Å². The summed E-state index contributed by atoms with van der Waals surface area (Å²) in [5.41, 5.74) is 1.21. The first-order valence-electron chi connectivity index (χ1n) is 9.76. The smallest absolute Gasteiger partial charge is 0.147 e. The zero-order valence-corrected chi connectivity index (χ0v) is 16.1. The summed E-state index contributed by atoms with van der Waals surface area (Å²) in [6.07, 6.45) is 4.16. The van der Waals surface area contributed by atoms with Crippen LogP contribution in [0.25, 0.3) is 10.8 Å². The number of rotatable bonds is 6. The summed E-state index contributed by atoms with van der Waals surface area (Å²) >= 11 is 0. The molecule has 136 valence electrons. The molecule has 1 aliphatic rings. The standard InChI is InChI=1S/C23H32O2/c1-16(2)22-12-9-17(3)13-23(22)25-15-24-18(4)20-11-10-19-7-5-6-8-21(19)14-20/h5-8,10-11,14,16-18,22-23H,9,12-13,15H2,1-4H3. The first-order valence-corrected chi connectivity index (χ1v) is 9.76. The molecule has 0 radical (unpaired) electrons. The number of benzene rings is 2. The highest BCUT2D eigenvalue weighted by atomic mass is 16.7. The Morgan fingerprint density at radius 1 is 1.00 bits per heavy atom. The van der Waals surface area contributed by atoms with E-state index in [-0.39, 0.29) is 6.10 Å². The Bertz CT molecular complexity index is 679. The Morgan fingerprint density at radius 3 is 2.52 bits per heavy atom. The second-order valence-electron chi connectivity index (χ2n) is 8.06. The topological polar surface area (TPSA) is 18.5 Å². The van der Waals surface area contributed by atoms with E-state index >= 15 is 0 Å². The molecule has 1 fully saturated rings. The summed E-state index contributed by atoms with van der Waals surface area (Å²) in [6.45, 7) is 9.46. The van der Waals surface area contributed by atoms with Crippen molar-refractivity contribution in [2.24, 2.45) is 17.8 Å². The third-order valence-electron chi connectivity index (χ3n) is 5.80. The van der Waals surface area contributed by atoms with Crippen LogP contribution < -0.4 is 0 Å². The molecule has 0 aromatic heterocycles. The molecule has 4 unspecified atom stereocenters. The lowest BCUT2D eigenvalue weighted by molar-refractivity contribution is -0.145. The fourth-order valence-corrected chi connectivity index (χ4v) is 4.09. The molecule has 0 heterocycles. The van der Waals surface area contributed by atoms with Crippen LogP contribution in [0.3, 0.4) is 0 Å². The normalized spacial score (nSPS) is 25.4. The summed E-state index contributed by atoms with van der Waals surface area (Å²) in [5.74, 6) is 2.10. The van der Waals surface area contributed by atoms with E-state index in [1.807, 2.05) is 0 Å². The molecule has 0 bridgehead atoms. The largest absolute Gasteiger partial charge is 0.352 e. The van der Waals surface area contributed by atoms with E-state index in [2.05, 4.69) is 70.2 Å². The maximum Gasteiger partial charge on any atom is 0.147 e. The number of fused-ring (bicyclic) bond motifs is 1. The van der Waals surface area contributed by atoms with Crippen molar-refractivity contribution < 1.29 is 9.47 Å². The molecule has 3 rings (SSSR count). The maximum absolute atomic E-state index is 6.18. The third kappa shape index (κ3) is 4.62. The molecule has 2 heteroatoms. The van der Waals surface area contributed by atoms with Crippen molar-refractivity contribution in [3.63, 3.8) is 0 Å². The quantitative estimate of drug-likeness (QED) is 0.570. The van der Waals surface area contributed by atoms with E-state index in [0.29, 0.717) is 24.7 Å². The number of hydrogen-bond acceptors (Lipinski definition) is 2.